The van der Waals surface area contributed by atoms with Gasteiger partial charge in [0.1, 0.15) is 23.3 Å². The molecule has 3 unspecified atom stereocenters. The Morgan fingerprint density at radius 1 is 0.522 bits per heavy atom. The number of nitro benzene ring substituents is 2. The second-order valence-corrected chi connectivity index (χ2v) is 25.1. The van der Waals surface area contributed by atoms with Crippen LogP contribution in [0, 0.1) is 47.9 Å². The van der Waals surface area contributed by atoms with E-state index in [4.69, 9.17) is 25.5 Å². The number of rotatable bonds is 25. The standard InChI is InChI=1S/2C32H32N10O6.3C3H6O3.Fe/c2*1-20-27(30(44)40(18-8-15-38(3)4)32(46)29(20)39-16-6-5-7-17-39)35-33-22-9-11-23(12-10-22)41-31(45)28(21(2)37-41)36-34-25-14-13-24(42(47)48)19-26(25)43;3*1-2(4)3(5)6;/h2*5-7,9-14,16-17,19,43-44H,8,15,18H2,1-4H3;3*2,4H,1H3,(H,5,6);/q;;;;;+3/p-3. The summed E-state index contributed by atoms with van der Waals surface area (Å²) in [6.45, 7) is 12.0. The van der Waals surface area contributed by atoms with E-state index in [-0.39, 0.29) is 110 Å². The van der Waals surface area contributed by atoms with Gasteiger partial charge in [-0.1, -0.05) is 48.9 Å². The third-order valence-electron chi connectivity index (χ3n) is 15.7. The van der Waals surface area contributed by atoms with Crippen molar-refractivity contribution in [2.45, 2.75) is 92.7 Å². The summed E-state index contributed by atoms with van der Waals surface area (Å²) in [4.78, 5) is 106. The first-order chi connectivity index (χ1) is 53.8. The van der Waals surface area contributed by atoms with E-state index in [2.05, 4.69) is 51.1 Å². The average Bonchev–Trinajstić information content (AvgIpc) is 1.75. The van der Waals surface area contributed by atoms with Gasteiger partial charge in [0.05, 0.1) is 67.2 Å². The number of carboxylic acid groups (broad SMARTS) is 3. The zero-order chi connectivity index (χ0) is 84.5. The molecular weight excluding hydrogens is 1550 g/mol. The fraction of sp³-hybridized carbons (Fsp3) is 0.274. The molecule has 605 valence electrons. The Balaban J connectivity index is 0.000000335. The van der Waals surface area contributed by atoms with Gasteiger partial charge in [-0.05, 0) is 149 Å². The Labute approximate surface area is 663 Å². The van der Waals surface area contributed by atoms with E-state index in [9.17, 15) is 79.3 Å². The number of aliphatic carboxylic acids is 3. The first-order valence-corrected chi connectivity index (χ1v) is 34.0. The minimum Gasteiger partial charge on any atom is -0.871 e. The molecule has 42 heteroatoms. The van der Waals surface area contributed by atoms with Crippen LogP contribution >= 0.6 is 0 Å². The molecule has 0 aliphatic heterocycles. The number of aromatic nitrogens is 8. The molecule has 0 saturated carbocycles. The molecule has 7 N–H and O–H groups in total. The summed E-state index contributed by atoms with van der Waals surface area (Å²) in [7, 11) is 7.72. The quantitative estimate of drug-likeness (QED) is 0.00865. The van der Waals surface area contributed by atoms with Crippen molar-refractivity contribution in [3.05, 3.63) is 230 Å². The van der Waals surface area contributed by atoms with Gasteiger partial charge in [-0.15, -0.1) is 21.6 Å². The van der Waals surface area contributed by atoms with Crippen LogP contribution in [-0.2, 0) is 44.5 Å². The number of non-ortho nitro benzene ring substituents is 2. The smallest absolute Gasteiger partial charge is 0.871 e. The van der Waals surface area contributed by atoms with Gasteiger partial charge >= 0.3 is 40.1 Å². The number of carbonyl (C=O) groups is 3. The number of pyridine rings is 4. The maximum absolute atomic E-state index is 13.5. The number of aliphatic hydroxyl groups excluding tert-OH is 3. The maximum atomic E-state index is 13.5. The predicted octanol–water partition coefficient (Wildman–Crippen LogP) is 5.97. The molecule has 10 aromatic rings. The van der Waals surface area contributed by atoms with Crippen LogP contribution in [0.25, 0.3) is 22.7 Å². The van der Waals surface area contributed by atoms with Gasteiger partial charge in [0.2, 0.25) is 11.8 Å². The molecule has 6 heterocycles. The zero-order valence-corrected chi connectivity index (χ0v) is 64.6. The van der Waals surface area contributed by atoms with E-state index in [1.54, 1.807) is 134 Å². The Kier molecular flexibility index (Phi) is 34.0. The summed E-state index contributed by atoms with van der Waals surface area (Å²) in [6.07, 6.45) is 4.42. The van der Waals surface area contributed by atoms with Gasteiger partial charge in [-0.3, -0.25) is 39.0 Å². The first kappa shape index (κ1) is 91.8. The van der Waals surface area contributed by atoms with Crippen LogP contribution in [0.5, 0.6) is 23.3 Å². The van der Waals surface area contributed by atoms with E-state index in [1.807, 2.05) is 50.1 Å². The van der Waals surface area contributed by atoms with Crippen molar-refractivity contribution in [3.8, 4) is 46.0 Å². The SMILES string of the molecule is CC(O)C(=O)O.CC(O)C(=O)O.CC(O)C(=O)[O-].Cc1c(N=Nc2ccc(-n3nc(C)[c-](N=Nc4ccc([N+](=O)[O-])cc4[O-])c3=O)cc2)c(O)n(CCCN(C)C)c(=O)c1-[n+]1ccccc1.Cc1c(N=Nc2ccc(-n3nc(C)[c-](N=Nc4ccc([N+](=O)[O-])cc4[O-])c3=O)cc2)c(O)n(CCCN(C)C)c(=O)c1-[n+]1ccccc1.[Fe+3]. The number of hydrogen-bond acceptors (Lipinski definition) is 31. The summed E-state index contributed by atoms with van der Waals surface area (Å²) in [5.41, 5.74) is 0.741. The number of nitro groups is 2. The largest absolute Gasteiger partial charge is 3.00 e. The molecule has 0 aliphatic carbocycles. The van der Waals surface area contributed by atoms with Crippen molar-refractivity contribution in [3.63, 3.8) is 0 Å². The molecule has 0 saturated heterocycles. The number of hydrogen-bond donors (Lipinski definition) is 7. The van der Waals surface area contributed by atoms with Crippen LogP contribution < -0.4 is 46.7 Å². The Bertz CT molecular complexity index is 5110. The normalized spacial score (nSPS) is 11.9. The van der Waals surface area contributed by atoms with Crippen LogP contribution in [0.4, 0.5) is 56.9 Å². The molecule has 0 aliphatic rings. The third-order valence-corrected chi connectivity index (χ3v) is 15.7. The number of aryl methyl sites for hydroxylation is 2. The van der Waals surface area contributed by atoms with Crippen molar-refractivity contribution < 1.29 is 101 Å². The number of aromatic hydroxyl groups is 2. The first-order valence-electron chi connectivity index (χ1n) is 34.0. The van der Waals surface area contributed by atoms with E-state index >= 15 is 0 Å². The molecule has 0 amide bonds. The van der Waals surface area contributed by atoms with Crippen LogP contribution in [0.3, 0.4) is 0 Å². The minimum absolute atomic E-state index is 0. The van der Waals surface area contributed by atoms with Crippen molar-refractivity contribution in [2.24, 2.45) is 40.9 Å². The Morgan fingerprint density at radius 2 is 0.835 bits per heavy atom. The second kappa shape index (κ2) is 42.6. The van der Waals surface area contributed by atoms with Crippen molar-refractivity contribution in [1.29, 1.82) is 0 Å². The number of benzene rings is 4. The van der Waals surface area contributed by atoms with E-state index in [0.717, 1.165) is 52.7 Å². The van der Waals surface area contributed by atoms with Gasteiger partial charge in [0.15, 0.2) is 36.2 Å². The van der Waals surface area contributed by atoms with Crippen molar-refractivity contribution in [2.75, 3.05) is 41.3 Å². The van der Waals surface area contributed by atoms with Gasteiger partial charge < -0.3 is 85.5 Å². The van der Waals surface area contributed by atoms with Gasteiger partial charge in [0, 0.05) is 61.6 Å². The van der Waals surface area contributed by atoms with Gasteiger partial charge in [-0.25, -0.2) is 29.2 Å². The van der Waals surface area contributed by atoms with Crippen molar-refractivity contribution in [1.82, 2.24) is 38.5 Å². The number of aliphatic hydroxyl groups is 3. The molecule has 6 aromatic heterocycles. The number of nitrogens with zero attached hydrogens (tertiary/aromatic N) is 20. The van der Waals surface area contributed by atoms with E-state index in [0.29, 0.717) is 71.2 Å². The van der Waals surface area contributed by atoms with Crippen LogP contribution in [-0.4, -0.2) is 162 Å². The summed E-state index contributed by atoms with van der Waals surface area (Å²) in [5, 5.41) is 158. The Morgan fingerprint density at radius 3 is 1.10 bits per heavy atom. The summed E-state index contributed by atoms with van der Waals surface area (Å²) in [5.74, 6) is -5.81. The van der Waals surface area contributed by atoms with E-state index < -0.39 is 68.7 Å². The second-order valence-electron chi connectivity index (χ2n) is 25.1. The van der Waals surface area contributed by atoms with E-state index in [1.165, 1.54) is 23.0 Å². The zero-order valence-electron chi connectivity index (χ0n) is 63.5. The minimum atomic E-state index is -1.44. The van der Waals surface area contributed by atoms with Crippen LogP contribution in [0.2, 0.25) is 0 Å². The monoisotopic (exact) mass is 1630 g/mol. The molecule has 0 fully saturated rings. The summed E-state index contributed by atoms with van der Waals surface area (Å²) >= 11 is 0. The van der Waals surface area contributed by atoms with Crippen LogP contribution in [0.1, 0.15) is 56.1 Å². The number of carbonyl (C=O) groups excluding carboxylic acids is 1. The number of azo groups is 4. The van der Waals surface area contributed by atoms with Crippen LogP contribution in [0.15, 0.2) is 206 Å². The summed E-state index contributed by atoms with van der Waals surface area (Å²) < 4.78 is 8.18. The van der Waals surface area contributed by atoms with Gasteiger partial charge in [0.25, 0.3) is 22.7 Å². The molecule has 41 nitrogen and oxygen atoms in total. The van der Waals surface area contributed by atoms with Crippen molar-refractivity contribution >= 4 is 74.8 Å². The van der Waals surface area contributed by atoms with Gasteiger partial charge in [-0.2, -0.15) is 29.6 Å². The third kappa shape index (κ3) is 25.1. The molecule has 115 heavy (non-hydrogen) atoms. The molecule has 3 atom stereocenters. The molecule has 0 spiro atoms. The molecule has 1 radical (unpaired) electrons. The molecule has 4 aromatic carbocycles. The molecular formula is C73H79FeN20O21. The predicted molar refractivity (Wildman–Crippen MR) is 401 cm³/mol. The molecule has 10 rings (SSSR count). The average molecular weight is 1630 g/mol. The Hall–Kier alpha value is -13.8. The summed E-state index contributed by atoms with van der Waals surface area (Å²) in [6, 6.07) is 29.8. The fourth-order valence-corrected chi connectivity index (χ4v) is 9.75. The molecule has 0 bridgehead atoms. The maximum Gasteiger partial charge on any atom is 3.00 e. The fourth-order valence-electron chi connectivity index (χ4n) is 9.75. The number of carboxylic acids is 3. The topological polar surface area (TPSA) is 575 Å².